The van der Waals surface area contributed by atoms with Crippen LogP contribution in [0.15, 0.2) is 90.7 Å². The molecule has 0 amide bonds. The van der Waals surface area contributed by atoms with Gasteiger partial charge in [-0.15, -0.1) is 0 Å². The number of benzene rings is 3. The highest BCUT2D eigenvalue weighted by molar-refractivity contribution is 9.10. The monoisotopic (exact) mass is 721 g/mol. The molecule has 0 N–H and O–H groups in total. The molecule has 0 saturated carbocycles. The first-order valence-electron chi connectivity index (χ1n) is 13.2. The van der Waals surface area contributed by atoms with Crippen LogP contribution >= 0.6 is 43.2 Å². The van der Waals surface area contributed by atoms with E-state index in [9.17, 15) is 14.9 Å². The summed E-state index contributed by atoms with van der Waals surface area (Å²) in [5.74, 6) is 0.630. The van der Waals surface area contributed by atoms with Gasteiger partial charge < -0.3 is 14.2 Å². The Labute approximate surface area is 268 Å². The summed E-state index contributed by atoms with van der Waals surface area (Å²) in [7, 11) is 1.57. The Hall–Kier alpha value is -3.98. The summed E-state index contributed by atoms with van der Waals surface area (Å²) in [6.45, 7) is 3.85. The summed E-state index contributed by atoms with van der Waals surface area (Å²) in [5.41, 5.74) is 3.11. The van der Waals surface area contributed by atoms with Gasteiger partial charge in [-0.2, -0.15) is 5.26 Å². The van der Waals surface area contributed by atoms with Gasteiger partial charge in [0.25, 0.3) is 5.56 Å². The van der Waals surface area contributed by atoms with E-state index in [4.69, 9.17) is 14.2 Å². The number of carbonyl (C=O) groups is 1. The van der Waals surface area contributed by atoms with Gasteiger partial charge in [0.15, 0.2) is 4.80 Å². The fourth-order valence-electron chi connectivity index (χ4n) is 4.78. The van der Waals surface area contributed by atoms with Crippen molar-refractivity contribution in [2.24, 2.45) is 4.99 Å². The summed E-state index contributed by atoms with van der Waals surface area (Å²) in [4.78, 5) is 32.4. The second-order valence-corrected chi connectivity index (χ2v) is 12.2. The molecule has 0 unspecified atom stereocenters. The fourth-order valence-corrected chi connectivity index (χ4v) is 6.75. The summed E-state index contributed by atoms with van der Waals surface area (Å²) in [5, 5.41) is 9.46. The van der Waals surface area contributed by atoms with E-state index in [1.54, 1.807) is 45.2 Å². The van der Waals surface area contributed by atoms with E-state index in [0.29, 0.717) is 53.3 Å². The van der Waals surface area contributed by atoms with E-state index >= 15 is 0 Å². The number of halogens is 2. The Morgan fingerprint density at radius 2 is 1.91 bits per heavy atom. The van der Waals surface area contributed by atoms with Gasteiger partial charge in [-0.3, -0.25) is 9.36 Å². The van der Waals surface area contributed by atoms with Crippen molar-refractivity contribution in [3.8, 4) is 17.6 Å². The third-order valence-corrected chi connectivity index (χ3v) is 8.88. The highest BCUT2D eigenvalue weighted by Gasteiger charge is 2.33. The molecule has 218 valence electrons. The van der Waals surface area contributed by atoms with E-state index in [2.05, 4.69) is 42.9 Å². The maximum atomic E-state index is 14.1. The number of esters is 1. The molecule has 3 aromatic carbocycles. The molecule has 4 aromatic rings. The van der Waals surface area contributed by atoms with E-state index < -0.39 is 12.0 Å². The number of ether oxygens (including phenoxy) is 3. The zero-order valence-corrected chi connectivity index (χ0v) is 27.4. The molecule has 0 radical (unpaired) electrons. The van der Waals surface area contributed by atoms with Gasteiger partial charge in [0.1, 0.15) is 18.1 Å². The van der Waals surface area contributed by atoms with Gasteiger partial charge in [-0.05, 0) is 77.8 Å². The van der Waals surface area contributed by atoms with E-state index in [0.717, 1.165) is 10.0 Å². The van der Waals surface area contributed by atoms with Crippen LogP contribution in [0.2, 0.25) is 0 Å². The Morgan fingerprint density at radius 1 is 1.14 bits per heavy atom. The standard InChI is InChI=1S/C32H25Br2N3O5S/c1-4-41-31(39)28-18(2)36-32-37(29(28)19-9-11-26(40-3)24(34)14-19)30(38)27(43-32)15-22-13-23(33)10-12-25(22)42-17-21-8-6-5-7-20(21)16-35/h5-15,29H,4,17H2,1-3H3/b27-15+/t29-/m0/s1. The summed E-state index contributed by atoms with van der Waals surface area (Å²) in [6, 6.07) is 19.6. The highest BCUT2D eigenvalue weighted by Crippen LogP contribution is 2.35. The smallest absolute Gasteiger partial charge is 0.338 e. The van der Waals surface area contributed by atoms with E-state index in [1.165, 1.54) is 15.9 Å². The Bertz CT molecular complexity index is 1990. The van der Waals surface area contributed by atoms with Crippen LogP contribution in [-0.4, -0.2) is 24.3 Å². The summed E-state index contributed by atoms with van der Waals surface area (Å²) in [6.07, 6.45) is 1.75. The van der Waals surface area contributed by atoms with Gasteiger partial charge in [0, 0.05) is 15.6 Å². The average Bonchev–Trinajstić information content (AvgIpc) is 3.30. The molecule has 0 saturated heterocycles. The van der Waals surface area contributed by atoms with Gasteiger partial charge in [-0.25, -0.2) is 9.79 Å². The maximum Gasteiger partial charge on any atom is 0.338 e. The van der Waals surface area contributed by atoms with Crippen molar-refractivity contribution in [1.29, 1.82) is 5.26 Å². The van der Waals surface area contributed by atoms with Crippen molar-refractivity contribution in [3.05, 3.63) is 123 Å². The molecule has 1 aromatic heterocycles. The van der Waals surface area contributed by atoms with E-state index in [1.807, 2.05) is 42.5 Å². The van der Waals surface area contributed by atoms with Crippen LogP contribution in [0.4, 0.5) is 0 Å². The molecule has 1 aliphatic rings. The molecule has 8 nitrogen and oxygen atoms in total. The number of nitriles is 1. The predicted molar refractivity (Wildman–Crippen MR) is 171 cm³/mol. The van der Waals surface area contributed by atoms with Crippen LogP contribution in [0, 0.1) is 11.3 Å². The summed E-state index contributed by atoms with van der Waals surface area (Å²) < 4.78 is 20.4. The number of nitrogens with zero attached hydrogens (tertiary/aromatic N) is 3. The van der Waals surface area contributed by atoms with Crippen LogP contribution in [0.1, 0.15) is 42.1 Å². The predicted octanol–water partition coefficient (Wildman–Crippen LogP) is 5.78. The van der Waals surface area contributed by atoms with Crippen molar-refractivity contribution in [1.82, 2.24) is 4.57 Å². The van der Waals surface area contributed by atoms with Crippen molar-refractivity contribution in [2.75, 3.05) is 13.7 Å². The SMILES string of the molecule is CCOC(=O)C1=C(C)N=c2s/c(=C/c3cc(Br)ccc3OCc3ccccc3C#N)c(=O)n2[C@H]1c1ccc(OC)c(Br)c1. The molecule has 0 bridgehead atoms. The zero-order valence-electron chi connectivity index (χ0n) is 23.4. The third kappa shape index (κ3) is 6.22. The molecule has 2 heterocycles. The normalized spacial score (nSPS) is 14.5. The van der Waals surface area contributed by atoms with Crippen molar-refractivity contribution >= 4 is 55.2 Å². The molecular weight excluding hydrogens is 698 g/mol. The minimum atomic E-state index is -0.764. The topological polar surface area (TPSA) is 103 Å². The molecular formula is C32H25Br2N3O5S. The van der Waals surface area contributed by atoms with E-state index in [-0.39, 0.29) is 18.8 Å². The van der Waals surface area contributed by atoms with Crippen LogP contribution in [-0.2, 0) is 16.1 Å². The first-order chi connectivity index (χ1) is 20.7. The number of fused-ring (bicyclic) bond motifs is 1. The van der Waals surface area contributed by atoms with Gasteiger partial charge in [-0.1, -0.05) is 51.5 Å². The largest absolute Gasteiger partial charge is 0.496 e. The maximum absolute atomic E-state index is 14.1. The number of allylic oxidation sites excluding steroid dienone is 1. The lowest BCUT2D eigenvalue weighted by Crippen LogP contribution is -2.40. The molecule has 1 aliphatic heterocycles. The molecule has 0 spiro atoms. The molecule has 0 fully saturated rings. The molecule has 1 atom stereocenters. The Kier molecular flexibility index (Phi) is 9.30. The van der Waals surface area contributed by atoms with Crippen molar-refractivity contribution < 1.29 is 19.0 Å². The first-order valence-corrected chi connectivity index (χ1v) is 15.6. The minimum absolute atomic E-state index is 0.182. The number of thiazole rings is 1. The number of hydrogen-bond donors (Lipinski definition) is 0. The fraction of sp³-hybridized carbons (Fsp3) is 0.188. The zero-order chi connectivity index (χ0) is 30.7. The van der Waals surface area contributed by atoms with Gasteiger partial charge in [0.05, 0.1) is 51.7 Å². The number of methoxy groups -OCH3 is 1. The van der Waals surface area contributed by atoms with Crippen molar-refractivity contribution in [2.45, 2.75) is 26.5 Å². The van der Waals surface area contributed by atoms with Gasteiger partial charge >= 0.3 is 5.97 Å². The Morgan fingerprint density at radius 3 is 2.63 bits per heavy atom. The van der Waals surface area contributed by atoms with Crippen LogP contribution in [0.25, 0.3) is 6.08 Å². The van der Waals surface area contributed by atoms with Crippen LogP contribution in [0.5, 0.6) is 11.5 Å². The average molecular weight is 723 g/mol. The number of carbonyl (C=O) groups excluding carboxylic acids is 1. The second-order valence-electron chi connectivity index (χ2n) is 9.44. The minimum Gasteiger partial charge on any atom is -0.496 e. The quantitative estimate of drug-likeness (QED) is 0.214. The molecule has 43 heavy (non-hydrogen) atoms. The summed E-state index contributed by atoms with van der Waals surface area (Å²) >= 11 is 8.28. The molecule has 11 heteroatoms. The third-order valence-electron chi connectivity index (χ3n) is 6.79. The number of hydrogen-bond acceptors (Lipinski definition) is 8. The van der Waals surface area contributed by atoms with Crippen molar-refractivity contribution in [3.63, 3.8) is 0 Å². The number of aromatic nitrogens is 1. The van der Waals surface area contributed by atoms with Gasteiger partial charge in [0.2, 0.25) is 0 Å². The second kappa shape index (κ2) is 13.1. The lowest BCUT2D eigenvalue weighted by Gasteiger charge is -2.25. The molecule has 5 rings (SSSR count). The Balaban J connectivity index is 1.64. The lowest BCUT2D eigenvalue weighted by molar-refractivity contribution is -0.139. The van der Waals surface area contributed by atoms with Crippen LogP contribution in [0.3, 0.4) is 0 Å². The number of rotatable bonds is 8. The molecule has 0 aliphatic carbocycles. The highest BCUT2D eigenvalue weighted by atomic mass is 79.9. The lowest BCUT2D eigenvalue weighted by atomic mass is 9.96. The first kappa shape index (κ1) is 30.5. The van der Waals surface area contributed by atoms with Crippen LogP contribution < -0.4 is 24.4 Å².